The summed E-state index contributed by atoms with van der Waals surface area (Å²) in [5.74, 6) is -0.628. The van der Waals surface area contributed by atoms with Crippen LogP contribution in [0.15, 0.2) is 18.7 Å². The molecule has 0 aromatic carbocycles. The lowest BCUT2D eigenvalue weighted by atomic mass is 10.0. The number of hydrogen-bond acceptors (Lipinski definition) is 4. The number of imidazole rings is 1. The zero-order chi connectivity index (χ0) is 13.9. The minimum Gasteiger partial charge on any atom is -0.466 e. The highest BCUT2D eigenvalue weighted by Crippen LogP contribution is 2.12. The number of nitrogens with zero attached hydrogens (tertiary/aromatic N) is 2. The number of aromatic nitrogens is 2. The molecule has 0 saturated carbocycles. The van der Waals surface area contributed by atoms with Crippen LogP contribution in [-0.2, 0) is 16.1 Å². The molecule has 0 fully saturated rings. The van der Waals surface area contributed by atoms with Crippen molar-refractivity contribution in [1.29, 1.82) is 0 Å². The minimum atomic E-state index is -0.353. The summed E-state index contributed by atoms with van der Waals surface area (Å²) in [5.41, 5.74) is 0. The van der Waals surface area contributed by atoms with Crippen molar-refractivity contribution in [2.45, 2.75) is 45.6 Å². The van der Waals surface area contributed by atoms with E-state index < -0.39 is 0 Å². The lowest BCUT2D eigenvalue weighted by Gasteiger charge is -2.12. The molecule has 0 aliphatic carbocycles. The van der Waals surface area contributed by atoms with Crippen LogP contribution in [0.5, 0.6) is 0 Å². The van der Waals surface area contributed by atoms with E-state index >= 15 is 0 Å². The highest BCUT2D eigenvalue weighted by atomic mass is 16.5. The van der Waals surface area contributed by atoms with Crippen molar-refractivity contribution in [1.82, 2.24) is 9.55 Å². The molecule has 1 atom stereocenters. The van der Waals surface area contributed by atoms with Crippen molar-refractivity contribution >= 4 is 5.97 Å². The van der Waals surface area contributed by atoms with E-state index in [0.717, 1.165) is 32.2 Å². The van der Waals surface area contributed by atoms with Gasteiger partial charge in [-0.3, -0.25) is 4.79 Å². The van der Waals surface area contributed by atoms with Gasteiger partial charge in [-0.05, 0) is 19.8 Å². The van der Waals surface area contributed by atoms with Crippen LogP contribution in [0.25, 0.3) is 0 Å². The zero-order valence-corrected chi connectivity index (χ0v) is 11.6. The summed E-state index contributed by atoms with van der Waals surface area (Å²) < 4.78 is 6.98. The second kappa shape index (κ2) is 9.55. The van der Waals surface area contributed by atoms with Gasteiger partial charge in [0.25, 0.3) is 0 Å². The molecular weight excluding hydrogens is 244 g/mol. The first kappa shape index (κ1) is 15.7. The summed E-state index contributed by atoms with van der Waals surface area (Å²) in [5, 5.41) is 9.14. The van der Waals surface area contributed by atoms with Crippen LogP contribution < -0.4 is 0 Å². The maximum Gasteiger partial charge on any atom is 0.311 e. The highest BCUT2D eigenvalue weighted by Gasteiger charge is 2.17. The van der Waals surface area contributed by atoms with Crippen molar-refractivity contribution < 1.29 is 14.6 Å². The van der Waals surface area contributed by atoms with E-state index in [4.69, 9.17) is 9.84 Å². The van der Waals surface area contributed by atoms with E-state index in [-0.39, 0.29) is 18.5 Å². The molecule has 1 rings (SSSR count). The summed E-state index contributed by atoms with van der Waals surface area (Å²) in [6, 6.07) is 0. The third kappa shape index (κ3) is 6.38. The molecule has 108 valence electrons. The molecule has 1 unspecified atom stereocenters. The molecule has 1 N–H and O–H groups in total. The maximum absolute atomic E-state index is 11.5. The average Bonchev–Trinajstić information content (AvgIpc) is 2.91. The Morgan fingerprint density at radius 1 is 1.37 bits per heavy atom. The van der Waals surface area contributed by atoms with Crippen molar-refractivity contribution in [3.63, 3.8) is 0 Å². The van der Waals surface area contributed by atoms with Gasteiger partial charge in [0.1, 0.15) is 0 Å². The van der Waals surface area contributed by atoms with Gasteiger partial charge in [0.05, 0.1) is 25.5 Å². The number of aliphatic hydroxyl groups is 1. The van der Waals surface area contributed by atoms with Gasteiger partial charge in [-0.2, -0.15) is 0 Å². The van der Waals surface area contributed by atoms with Crippen molar-refractivity contribution in [3.8, 4) is 0 Å². The van der Waals surface area contributed by atoms with Crippen LogP contribution in [0.1, 0.15) is 39.0 Å². The van der Waals surface area contributed by atoms with Gasteiger partial charge < -0.3 is 14.4 Å². The molecule has 1 heterocycles. The number of hydrogen-bond donors (Lipinski definition) is 1. The summed E-state index contributed by atoms with van der Waals surface area (Å²) in [7, 11) is 0. The standard InChI is InChI=1S/C14H24N2O3/c1-2-19-14(18)13(11-17)7-5-3-4-6-9-16-10-8-15-12-16/h8,10,12-13,17H,2-7,9,11H2,1H3. The fourth-order valence-corrected chi connectivity index (χ4v) is 2.00. The van der Waals surface area contributed by atoms with E-state index in [2.05, 4.69) is 9.55 Å². The van der Waals surface area contributed by atoms with Gasteiger partial charge in [0.15, 0.2) is 0 Å². The first-order valence-electron chi connectivity index (χ1n) is 7.01. The Balaban J connectivity index is 2.04. The van der Waals surface area contributed by atoms with E-state index in [0.29, 0.717) is 13.0 Å². The van der Waals surface area contributed by atoms with Gasteiger partial charge in [0.2, 0.25) is 0 Å². The molecule has 0 amide bonds. The Morgan fingerprint density at radius 2 is 2.16 bits per heavy atom. The number of ether oxygens (including phenoxy) is 1. The fraction of sp³-hybridized carbons (Fsp3) is 0.714. The number of rotatable bonds is 10. The summed E-state index contributed by atoms with van der Waals surface area (Å²) in [6.07, 6.45) is 10.5. The van der Waals surface area contributed by atoms with Crippen LogP contribution in [0.4, 0.5) is 0 Å². The highest BCUT2D eigenvalue weighted by molar-refractivity contribution is 5.72. The Morgan fingerprint density at radius 3 is 2.79 bits per heavy atom. The van der Waals surface area contributed by atoms with Gasteiger partial charge in [-0.1, -0.05) is 19.3 Å². The van der Waals surface area contributed by atoms with Crippen LogP contribution in [-0.4, -0.2) is 33.8 Å². The van der Waals surface area contributed by atoms with Crippen LogP contribution in [0.2, 0.25) is 0 Å². The van der Waals surface area contributed by atoms with Gasteiger partial charge >= 0.3 is 5.97 Å². The van der Waals surface area contributed by atoms with E-state index in [1.807, 2.05) is 12.5 Å². The SMILES string of the molecule is CCOC(=O)C(CO)CCCCCCn1ccnc1. The molecule has 0 aliphatic heterocycles. The molecule has 0 saturated heterocycles. The molecule has 0 spiro atoms. The maximum atomic E-state index is 11.5. The van der Waals surface area contributed by atoms with E-state index in [1.165, 1.54) is 0 Å². The number of aryl methyl sites for hydroxylation is 1. The predicted molar refractivity (Wildman–Crippen MR) is 72.5 cm³/mol. The van der Waals surface area contributed by atoms with Gasteiger partial charge in [-0.25, -0.2) is 4.98 Å². The quantitative estimate of drug-likeness (QED) is 0.521. The van der Waals surface area contributed by atoms with Crippen molar-refractivity contribution in [3.05, 3.63) is 18.7 Å². The molecular formula is C14H24N2O3. The van der Waals surface area contributed by atoms with E-state index in [1.54, 1.807) is 13.1 Å². The summed E-state index contributed by atoms with van der Waals surface area (Å²) in [6.45, 7) is 3.03. The predicted octanol–water partition coefficient (Wildman–Crippen LogP) is 2.01. The number of aliphatic hydroxyl groups excluding tert-OH is 1. The first-order chi connectivity index (χ1) is 9.27. The second-order valence-corrected chi connectivity index (χ2v) is 4.63. The largest absolute Gasteiger partial charge is 0.466 e. The van der Waals surface area contributed by atoms with Gasteiger partial charge in [0, 0.05) is 18.9 Å². The monoisotopic (exact) mass is 268 g/mol. The summed E-state index contributed by atoms with van der Waals surface area (Å²) >= 11 is 0. The van der Waals surface area contributed by atoms with Crippen molar-refractivity contribution in [2.75, 3.05) is 13.2 Å². The molecule has 0 radical (unpaired) electrons. The molecule has 1 aromatic heterocycles. The van der Waals surface area contributed by atoms with E-state index in [9.17, 15) is 4.79 Å². The second-order valence-electron chi connectivity index (χ2n) is 4.63. The molecule has 5 heteroatoms. The lowest BCUT2D eigenvalue weighted by molar-refractivity contribution is -0.149. The smallest absolute Gasteiger partial charge is 0.311 e. The van der Waals surface area contributed by atoms with Crippen LogP contribution >= 0.6 is 0 Å². The Hall–Kier alpha value is -1.36. The Bertz CT molecular complexity index is 338. The third-order valence-corrected chi connectivity index (χ3v) is 3.12. The molecule has 19 heavy (non-hydrogen) atoms. The normalized spacial score (nSPS) is 12.3. The number of carbonyl (C=O) groups excluding carboxylic acids is 1. The Kier molecular flexibility index (Phi) is 7.89. The zero-order valence-electron chi connectivity index (χ0n) is 11.6. The Labute approximate surface area is 114 Å². The van der Waals surface area contributed by atoms with Gasteiger partial charge in [-0.15, -0.1) is 0 Å². The number of unbranched alkanes of at least 4 members (excludes halogenated alkanes) is 3. The number of esters is 1. The minimum absolute atomic E-state index is 0.117. The van der Waals surface area contributed by atoms with Crippen LogP contribution in [0.3, 0.4) is 0 Å². The summed E-state index contributed by atoms with van der Waals surface area (Å²) in [4.78, 5) is 15.4. The topological polar surface area (TPSA) is 64.3 Å². The molecule has 1 aromatic rings. The third-order valence-electron chi connectivity index (χ3n) is 3.12. The first-order valence-corrected chi connectivity index (χ1v) is 7.01. The fourth-order valence-electron chi connectivity index (χ4n) is 2.00. The lowest BCUT2D eigenvalue weighted by Crippen LogP contribution is -2.21. The average molecular weight is 268 g/mol. The molecule has 0 aliphatic rings. The van der Waals surface area contributed by atoms with Crippen molar-refractivity contribution in [2.24, 2.45) is 5.92 Å². The molecule has 0 bridgehead atoms. The number of carbonyl (C=O) groups is 1. The van der Waals surface area contributed by atoms with Crippen LogP contribution in [0, 0.1) is 5.92 Å². The molecule has 5 nitrogen and oxygen atoms in total.